The topological polar surface area (TPSA) is 100 Å². The third kappa shape index (κ3) is 3.28. The summed E-state index contributed by atoms with van der Waals surface area (Å²) in [5.41, 5.74) is 2.00. The summed E-state index contributed by atoms with van der Waals surface area (Å²) >= 11 is 3.44. The number of halogens is 1. The fourth-order valence-electron chi connectivity index (χ4n) is 3.74. The minimum absolute atomic E-state index is 0.0994. The molecule has 3 N–H and O–H groups in total. The second kappa shape index (κ2) is 7.25. The minimum Gasteiger partial charge on any atom is -0.491 e. The number of ketones is 1. The first-order chi connectivity index (χ1) is 13.7. The van der Waals surface area contributed by atoms with E-state index in [-0.39, 0.29) is 12.4 Å². The smallest absolute Gasteiger partial charge is 0.197 e. The van der Waals surface area contributed by atoms with Gasteiger partial charge >= 0.3 is 0 Å². The van der Waals surface area contributed by atoms with Crippen LogP contribution in [0, 0.1) is 0 Å². The van der Waals surface area contributed by atoms with E-state index in [1.165, 1.54) is 0 Å². The van der Waals surface area contributed by atoms with Crippen molar-refractivity contribution >= 4 is 32.7 Å². The van der Waals surface area contributed by atoms with E-state index < -0.39 is 24.2 Å². The normalized spacial score (nSPS) is 17.0. The van der Waals surface area contributed by atoms with Gasteiger partial charge in [0.15, 0.2) is 5.78 Å². The van der Waals surface area contributed by atoms with Crippen LogP contribution in [-0.4, -0.2) is 46.5 Å². The molecule has 6 nitrogen and oxygen atoms in total. The van der Waals surface area contributed by atoms with Crippen molar-refractivity contribution in [3.63, 3.8) is 0 Å². The second-order valence-electron chi connectivity index (χ2n) is 7.74. The van der Waals surface area contributed by atoms with Crippen LogP contribution in [0.4, 0.5) is 0 Å². The summed E-state index contributed by atoms with van der Waals surface area (Å²) in [4.78, 5) is 13.2. The molecule has 7 heteroatoms. The zero-order chi connectivity index (χ0) is 20.9. The van der Waals surface area contributed by atoms with Crippen LogP contribution in [0.2, 0.25) is 0 Å². The second-order valence-corrected chi connectivity index (χ2v) is 8.65. The zero-order valence-corrected chi connectivity index (χ0v) is 17.6. The Labute approximate surface area is 175 Å². The predicted octanol–water partition coefficient (Wildman–Crippen LogP) is 3.16. The van der Waals surface area contributed by atoms with E-state index in [4.69, 9.17) is 14.3 Å². The average molecular weight is 461 g/mol. The lowest BCUT2D eigenvalue weighted by Gasteiger charge is -2.31. The van der Waals surface area contributed by atoms with Crippen molar-refractivity contribution in [1.82, 2.24) is 0 Å². The van der Waals surface area contributed by atoms with Gasteiger partial charge in [0.1, 0.15) is 35.9 Å². The molecule has 0 bridgehead atoms. The van der Waals surface area contributed by atoms with Crippen molar-refractivity contribution in [1.29, 1.82) is 0 Å². The maximum Gasteiger partial charge on any atom is 0.197 e. The monoisotopic (exact) mass is 460 g/mol. The Morgan fingerprint density at radius 1 is 1.14 bits per heavy atom. The van der Waals surface area contributed by atoms with Gasteiger partial charge in [-0.2, -0.15) is 0 Å². The van der Waals surface area contributed by atoms with E-state index in [9.17, 15) is 15.0 Å². The van der Waals surface area contributed by atoms with Gasteiger partial charge in [0.05, 0.1) is 12.2 Å². The number of carbonyl (C=O) groups is 1. The predicted molar refractivity (Wildman–Crippen MR) is 111 cm³/mol. The van der Waals surface area contributed by atoms with E-state index in [1.807, 2.05) is 32.0 Å². The minimum atomic E-state index is -1.27. The molecule has 1 aromatic heterocycles. The number of carbonyl (C=O) groups excluding carboxylic acids is 1. The van der Waals surface area contributed by atoms with Crippen molar-refractivity contribution in [3.8, 4) is 5.75 Å². The first kappa shape index (κ1) is 20.1. The van der Waals surface area contributed by atoms with Gasteiger partial charge in [0.2, 0.25) is 0 Å². The van der Waals surface area contributed by atoms with Gasteiger partial charge in [-0.25, -0.2) is 0 Å². The van der Waals surface area contributed by atoms with Crippen LogP contribution in [0.25, 0.3) is 11.0 Å². The third-order valence-corrected chi connectivity index (χ3v) is 5.90. The molecule has 0 amide bonds. The van der Waals surface area contributed by atoms with Gasteiger partial charge in [-0.3, -0.25) is 4.79 Å². The number of hydrogen-bond donors (Lipinski definition) is 3. The summed E-state index contributed by atoms with van der Waals surface area (Å²) in [6.07, 6.45) is -2.49. The number of rotatable bonds is 5. The molecule has 0 fully saturated rings. The number of ether oxygens (including phenoxy) is 1. The Bertz CT molecular complexity index is 1100. The summed E-state index contributed by atoms with van der Waals surface area (Å²) in [6, 6.07) is 10.8. The summed E-state index contributed by atoms with van der Waals surface area (Å²) in [7, 11) is 0. The molecule has 1 aliphatic rings. The highest BCUT2D eigenvalue weighted by Crippen LogP contribution is 2.46. The van der Waals surface area contributed by atoms with Crippen LogP contribution >= 0.6 is 15.9 Å². The van der Waals surface area contributed by atoms with Crippen LogP contribution in [0.3, 0.4) is 0 Å². The summed E-state index contributed by atoms with van der Waals surface area (Å²) in [5.74, 6) is 0.963. The Hall–Kier alpha value is -2.19. The fourth-order valence-corrected chi connectivity index (χ4v) is 4.08. The summed E-state index contributed by atoms with van der Waals surface area (Å²) in [6.45, 7) is 3.24. The SMILES string of the molecule is CC1(C)c2cc(OCC(O)C(O)CO)ccc2C(=O)c2c1oc1cc(Br)ccc21. The molecule has 1 aliphatic carbocycles. The average Bonchev–Trinajstić information content (AvgIpc) is 3.09. The Morgan fingerprint density at radius 2 is 1.90 bits per heavy atom. The number of aliphatic hydroxyl groups is 3. The van der Waals surface area contributed by atoms with Crippen LogP contribution in [0.15, 0.2) is 45.3 Å². The molecule has 0 radical (unpaired) electrons. The van der Waals surface area contributed by atoms with Gasteiger partial charge in [-0.1, -0.05) is 15.9 Å². The quantitative estimate of drug-likeness (QED) is 0.540. The van der Waals surface area contributed by atoms with Crippen molar-refractivity contribution in [3.05, 3.63) is 63.3 Å². The third-order valence-electron chi connectivity index (χ3n) is 5.41. The molecular weight excluding hydrogens is 440 g/mol. The Balaban J connectivity index is 1.74. The van der Waals surface area contributed by atoms with E-state index in [0.717, 1.165) is 15.4 Å². The highest BCUT2D eigenvalue weighted by Gasteiger charge is 2.41. The molecule has 29 heavy (non-hydrogen) atoms. The lowest BCUT2D eigenvalue weighted by molar-refractivity contribution is -0.0339. The highest BCUT2D eigenvalue weighted by molar-refractivity contribution is 9.10. The largest absolute Gasteiger partial charge is 0.491 e. The highest BCUT2D eigenvalue weighted by atomic mass is 79.9. The molecule has 2 atom stereocenters. The number of fused-ring (bicyclic) bond motifs is 4. The summed E-state index contributed by atoms with van der Waals surface area (Å²) < 4.78 is 12.6. The van der Waals surface area contributed by atoms with E-state index in [1.54, 1.807) is 18.2 Å². The molecular formula is C22H21BrO6. The van der Waals surface area contributed by atoms with Crippen LogP contribution < -0.4 is 4.74 Å². The van der Waals surface area contributed by atoms with E-state index in [2.05, 4.69) is 15.9 Å². The number of aliphatic hydroxyl groups excluding tert-OH is 3. The van der Waals surface area contributed by atoms with E-state index in [0.29, 0.717) is 28.2 Å². The first-order valence-corrected chi connectivity index (χ1v) is 10.0. The lowest BCUT2D eigenvalue weighted by atomic mass is 9.72. The number of hydrogen-bond acceptors (Lipinski definition) is 6. The standard InChI is InChI=1S/C22H21BrO6/c1-22(2)15-8-12(28-10-17(26)16(25)9-24)4-6-13(15)20(27)19-14-5-3-11(23)7-18(14)29-21(19)22/h3-8,16-17,24-26H,9-10H2,1-2H3. The zero-order valence-electron chi connectivity index (χ0n) is 16.0. The van der Waals surface area contributed by atoms with Crippen LogP contribution in [-0.2, 0) is 5.41 Å². The number of furan rings is 1. The van der Waals surface area contributed by atoms with E-state index >= 15 is 0 Å². The van der Waals surface area contributed by atoms with Crippen LogP contribution in [0.1, 0.15) is 41.1 Å². The molecule has 4 rings (SSSR count). The van der Waals surface area contributed by atoms with Crippen molar-refractivity contribution in [2.45, 2.75) is 31.5 Å². The molecule has 2 unspecified atom stereocenters. The molecule has 0 saturated heterocycles. The van der Waals surface area contributed by atoms with Crippen molar-refractivity contribution in [2.24, 2.45) is 0 Å². The fraction of sp³-hybridized carbons (Fsp3) is 0.318. The molecule has 0 aliphatic heterocycles. The number of benzene rings is 2. The van der Waals surface area contributed by atoms with Gasteiger partial charge in [0.25, 0.3) is 0 Å². The van der Waals surface area contributed by atoms with Crippen LogP contribution in [0.5, 0.6) is 5.75 Å². The van der Waals surface area contributed by atoms with Gasteiger partial charge in [-0.05, 0) is 55.8 Å². The molecule has 2 aromatic carbocycles. The Kier molecular flexibility index (Phi) is 5.02. The van der Waals surface area contributed by atoms with Gasteiger partial charge in [0, 0.05) is 20.8 Å². The molecule has 0 spiro atoms. The van der Waals surface area contributed by atoms with Crippen molar-refractivity contribution < 1.29 is 29.3 Å². The molecule has 152 valence electrons. The van der Waals surface area contributed by atoms with Gasteiger partial charge < -0.3 is 24.5 Å². The van der Waals surface area contributed by atoms with Gasteiger partial charge in [-0.15, -0.1) is 0 Å². The summed E-state index contributed by atoms with van der Waals surface area (Å²) in [5, 5.41) is 29.0. The molecule has 0 saturated carbocycles. The lowest BCUT2D eigenvalue weighted by Crippen LogP contribution is -2.34. The van der Waals surface area contributed by atoms with Crippen molar-refractivity contribution in [2.75, 3.05) is 13.2 Å². The Morgan fingerprint density at radius 3 is 2.62 bits per heavy atom. The maximum atomic E-state index is 13.2. The first-order valence-electron chi connectivity index (χ1n) is 9.25. The maximum absolute atomic E-state index is 13.2. The molecule has 1 heterocycles. The molecule has 3 aromatic rings.